The van der Waals surface area contributed by atoms with Gasteiger partial charge in [-0.25, -0.2) is 9.18 Å². The molecule has 2 aromatic carbocycles. The van der Waals surface area contributed by atoms with Gasteiger partial charge < -0.3 is 4.74 Å². The van der Waals surface area contributed by atoms with Crippen molar-refractivity contribution < 1.29 is 13.9 Å². The Kier molecular flexibility index (Phi) is 3.79. The molecule has 3 nitrogen and oxygen atoms in total. The molecular formula is C13H9ClFNO2. The summed E-state index contributed by atoms with van der Waals surface area (Å²) in [5, 5.41) is 2.55. The van der Waals surface area contributed by atoms with Crippen LogP contribution in [-0.2, 0) is 0 Å². The van der Waals surface area contributed by atoms with Crippen molar-refractivity contribution in [1.82, 2.24) is 0 Å². The number of ether oxygens (including phenoxy) is 1. The van der Waals surface area contributed by atoms with Crippen LogP contribution in [-0.4, -0.2) is 6.09 Å². The molecule has 0 saturated heterocycles. The minimum Gasteiger partial charge on any atom is -0.410 e. The fourth-order valence-corrected chi connectivity index (χ4v) is 1.48. The largest absolute Gasteiger partial charge is 0.417 e. The van der Waals surface area contributed by atoms with Crippen molar-refractivity contribution in [3.8, 4) is 5.75 Å². The van der Waals surface area contributed by atoms with Crippen LogP contribution < -0.4 is 10.1 Å². The first-order valence-corrected chi connectivity index (χ1v) is 5.52. The van der Waals surface area contributed by atoms with E-state index in [1.807, 2.05) is 0 Å². The Balaban J connectivity index is 2.03. The maximum absolute atomic E-state index is 13.4. The predicted molar refractivity (Wildman–Crippen MR) is 67.5 cm³/mol. The van der Waals surface area contributed by atoms with Gasteiger partial charge in [-0.2, -0.15) is 0 Å². The highest BCUT2D eigenvalue weighted by molar-refractivity contribution is 6.30. The zero-order chi connectivity index (χ0) is 13.0. The molecule has 2 aromatic rings. The summed E-state index contributed by atoms with van der Waals surface area (Å²) in [7, 11) is 0. The Labute approximate surface area is 108 Å². The van der Waals surface area contributed by atoms with E-state index in [4.69, 9.17) is 16.3 Å². The molecule has 92 valence electrons. The molecule has 2 rings (SSSR count). The zero-order valence-electron chi connectivity index (χ0n) is 9.19. The number of amides is 1. The Bertz CT molecular complexity index is 560. The number of rotatable bonds is 2. The standard InChI is InChI=1S/C13H9ClFNO2/c14-9-6-7-12(11(15)8-9)16-13(17)18-10-4-2-1-3-5-10/h1-8H,(H,16,17). The summed E-state index contributed by atoms with van der Waals surface area (Å²) in [6.45, 7) is 0. The minimum atomic E-state index is -0.762. The summed E-state index contributed by atoms with van der Waals surface area (Å²) in [6, 6.07) is 12.4. The second-order valence-electron chi connectivity index (χ2n) is 3.45. The van der Waals surface area contributed by atoms with Gasteiger partial charge in [-0.15, -0.1) is 0 Å². The maximum atomic E-state index is 13.4. The number of carbonyl (C=O) groups excluding carboxylic acids is 1. The lowest BCUT2D eigenvalue weighted by Gasteiger charge is -2.07. The highest BCUT2D eigenvalue weighted by atomic mass is 35.5. The summed E-state index contributed by atoms with van der Waals surface area (Å²) in [5.41, 5.74) is 0.0142. The zero-order valence-corrected chi connectivity index (χ0v) is 9.95. The summed E-state index contributed by atoms with van der Waals surface area (Å²) >= 11 is 5.60. The van der Waals surface area contributed by atoms with Gasteiger partial charge in [0.05, 0.1) is 5.69 Å². The lowest BCUT2D eigenvalue weighted by atomic mass is 10.3. The van der Waals surface area contributed by atoms with Crippen molar-refractivity contribution in [1.29, 1.82) is 0 Å². The molecule has 0 radical (unpaired) electrons. The molecule has 1 amide bonds. The average molecular weight is 266 g/mol. The first-order valence-electron chi connectivity index (χ1n) is 5.14. The number of hydrogen-bond acceptors (Lipinski definition) is 2. The second-order valence-corrected chi connectivity index (χ2v) is 3.89. The number of nitrogens with one attached hydrogen (secondary N) is 1. The van der Waals surface area contributed by atoms with E-state index in [9.17, 15) is 9.18 Å². The third kappa shape index (κ3) is 3.21. The molecule has 0 aliphatic carbocycles. The van der Waals surface area contributed by atoms with E-state index < -0.39 is 11.9 Å². The van der Waals surface area contributed by atoms with Crippen LogP contribution in [0.1, 0.15) is 0 Å². The van der Waals surface area contributed by atoms with Crippen LogP contribution in [0.3, 0.4) is 0 Å². The van der Waals surface area contributed by atoms with Gasteiger partial charge in [-0.05, 0) is 30.3 Å². The van der Waals surface area contributed by atoms with Gasteiger partial charge in [-0.3, -0.25) is 5.32 Å². The molecule has 0 unspecified atom stereocenters. The van der Waals surface area contributed by atoms with Gasteiger partial charge in [0.15, 0.2) is 0 Å². The average Bonchev–Trinajstić information content (AvgIpc) is 2.34. The Hall–Kier alpha value is -2.07. The van der Waals surface area contributed by atoms with Crippen molar-refractivity contribution in [2.75, 3.05) is 5.32 Å². The number of carbonyl (C=O) groups is 1. The van der Waals surface area contributed by atoms with E-state index in [1.165, 1.54) is 12.1 Å². The molecule has 0 saturated carbocycles. The van der Waals surface area contributed by atoms with Crippen LogP contribution in [0.5, 0.6) is 5.75 Å². The maximum Gasteiger partial charge on any atom is 0.417 e. The van der Waals surface area contributed by atoms with Crippen molar-refractivity contribution >= 4 is 23.4 Å². The number of benzene rings is 2. The summed E-state index contributed by atoms with van der Waals surface area (Å²) in [4.78, 5) is 11.5. The summed E-state index contributed by atoms with van der Waals surface area (Å²) < 4.78 is 18.3. The number of anilines is 1. The van der Waals surface area contributed by atoms with Crippen LogP contribution in [0.2, 0.25) is 5.02 Å². The van der Waals surface area contributed by atoms with E-state index in [0.717, 1.165) is 6.07 Å². The van der Waals surface area contributed by atoms with Gasteiger partial charge in [0, 0.05) is 5.02 Å². The highest BCUT2D eigenvalue weighted by Crippen LogP contribution is 2.19. The van der Waals surface area contributed by atoms with Crippen molar-refractivity contribution in [2.45, 2.75) is 0 Å². The topological polar surface area (TPSA) is 38.3 Å². The molecular weight excluding hydrogens is 257 g/mol. The van der Waals surface area contributed by atoms with Crippen LogP contribution in [0.25, 0.3) is 0 Å². The molecule has 0 fully saturated rings. The molecule has 5 heteroatoms. The Morgan fingerprint density at radius 3 is 2.56 bits per heavy atom. The third-order valence-electron chi connectivity index (χ3n) is 2.12. The van der Waals surface area contributed by atoms with Crippen LogP contribution in [0.15, 0.2) is 48.5 Å². The molecule has 1 N–H and O–H groups in total. The quantitative estimate of drug-likeness (QED) is 0.888. The van der Waals surface area contributed by atoms with Gasteiger partial charge in [0.2, 0.25) is 0 Å². The number of hydrogen-bond donors (Lipinski definition) is 1. The smallest absolute Gasteiger partial charge is 0.410 e. The molecule has 0 atom stereocenters. The van der Waals surface area contributed by atoms with Crippen LogP contribution in [0.4, 0.5) is 14.9 Å². The lowest BCUT2D eigenvalue weighted by molar-refractivity contribution is 0.215. The van der Waals surface area contributed by atoms with E-state index in [1.54, 1.807) is 30.3 Å². The van der Waals surface area contributed by atoms with Crippen molar-refractivity contribution in [2.24, 2.45) is 0 Å². The van der Waals surface area contributed by atoms with E-state index in [-0.39, 0.29) is 10.7 Å². The second kappa shape index (κ2) is 5.51. The Morgan fingerprint density at radius 1 is 1.17 bits per heavy atom. The summed E-state index contributed by atoms with van der Waals surface area (Å²) in [5.74, 6) is -0.239. The first kappa shape index (κ1) is 12.4. The normalized spacial score (nSPS) is 9.89. The van der Waals surface area contributed by atoms with Gasteiger partial charge in [0.25, 0.3) is 0 Å². The molecule has 0 heterocycles. The monoisotopic (exact) mass is 265 g/mol. The third-order valence-corrected chi connectivity index (χ3v) is 2.36. The highest BCUT2D eigenvalue weighted by Gasteiger charge is 2.08. The fourth-order valence-electron chi connectivity index (χ4n) is 1.32. The van der Waals surface area contributed by atoms with Gasteiger partial charge in [0.1, 0.15) is 11.6 Å². The van der Waals surface area contributed by atoms with Crippen molar-refractivity contribution in [3.63, 3.8) is 0 Å². The van der Waals surface area contributed by atoms with E-state index in [0.29, 0.717) is 5.75 Å². The fraction of sp³-hybridized carbons (Fsp3) is 0. The molecule has 0 bridgehead atoms. The molecule has 18 heavy (non-hydrogen) atoms. The SMILES string of the molecule is O=C(Nc1ccc(Cl)cc1F)Oc1ccccc1. The number of halogens is 2. The predicted octanol–water partition coefficient (Wildman–Crippen LogP) is 4.09. The molecule has 0 aliphatic heterocycles. The lowest BCUT2D eigenvalue weighted by Crippen LogP contribution is -2.17. The minimum absolute atomic E-state index is 0.0142. The summed E-state index contributed by atoms with van der Waals surface area (Å²) in [6.07, 6.45) is -0.762. The Morgan fingerprint density at radius 2 is 1.89 bits per heavy atom. The van der Waals surface area contributed by atoms with Crippen molar-refractivity contribution in [3.05, 3.63) is 59.4 Å². The van der Waals surface area contributed by atoms with E-state index >= 15 is 0 Å². The molecule has 0 aromatic heterocycles. The molecule has 0 spiro atoms. The van der Waals surface area contributed by atoms with Crippen LogP contribution >= 0.6 is 11.6 Å². The first-order chi connectivity index (χ1) is 8.65. The van der Waals surface area contributed by atoms with Gasteiger partial charge >= 0.3 is 6.09 Å². The van der Waals surface area contributed by atoms with E-state index in [2.05, 4.69) is 5.32 Å². The van der Waals surface area contributed by atoms with Crippen LogP contribution in [0, 0.1) is 5.82 Å². The van der Waals surface area contributed by atoms with Gasteiger partial charge in [-0.1, -0.05) is 29.8 Å². The molecule has 0 aliphatic rings. The number of para-hydroxylation sites is 1.